The molecule has 11 heteroatoms. The molecule has 1 aromatic carbocycles. The molecule has 34 heavy (non-hydrogen) atoms. The molecule has 2 aliphatic rings. The van der Waals surface area contributed by atoms with Gasteiger partial charge in [0.25, 0.3) is 5.56 Å². The van der Waals surface area contributed by atoms with Crippen LogP contribution in [0.25, 0.3) is 10.9 Å². The lowest BCUT2D eigenvalue weighted by Gasteiger charge is -2.32. The maximum Gasteiger partial charge on any atom is 0.261 e. The third-order valence-electron chi connectivity index (χ3n) is 6.96. The number of nitriles is 1. The van der Waals surface area contributed by atoms with Gasteiger partial charge in [-0.05, 0) is 43.5 Å². The van der Waals surface area contributed by atoms with Crippen molar-refractivity contribution in [1.29, 1.82) is 5.26 Å². The monoisotopic (exact) mass is 483 g/mol. The molecule has 0 saturated heterocycles. The second-order valence-corrected chi connectivity index (χ2v) is 11.1. The van der Waals surface area contributed by atoms with E-state index in [9.17, 15) is 28.7 Å². The fourth-order valence-corrected chi connectivity index (χ4v) is 6.77. The molecule has 0 spiro atoms. The van der Waals surface area contributed by atoms with Crippen LogP contribution >= 0.6 is 0 Å². The van der Waals surface area contributed by atoms with Crippen molar-refractivity contribution in [2.24, 2.45) is 5.92 Å². The van der Waals surface area contributed by atoms with Crippen LogP contribution in [0, 0.1) is 17.2 Å². The number of nitrogens with zero attached hydrogens (tertiary/aromatic N) is 3. The van der Waals surface area contributed by atoms with Crippen molar-refractivity contribution in [2.45, 2.75) is 48.6 Å². The maximum absolute atomic E-state index is 12.7. The quantitative estimate of drug-likeness (QED) is 0.438. The van der Waals surface area contributed by atoms with Gasteiger partial charge in [-0.3, -0.25) is 9.48 Å². The zero-order valence-electron chi connectivity index (χ0n) is 18.4. The first-order chi connectivity index (χ1) is 16.3. The average molecular weight is 484 g/mol. The lowest BCUT2D eigenvalue weighted by molar-refractivity contribution is -0.0255. The van der Waals surface area contributed by atoms with Crippen molar-refractivity contribution in [1.82, 2.24) is 14.8 Å². The van der Waals surface area contributed by atoms with Gasteiger partial charge in [0, 0.05) is 17.4 Å². The SMILES string of the molecule is N#CC1CCCCC1n1nc(Nc2ccc3c(c2)C(O)(CO)CCS3(=O)=O)c2c(=O)[nH]ccc21. The Balaban J connectivity index is 1.61. The molecule has 2 aromatic heterocycles. The highest BCUT2D eigenvalue weighted by molar-refractivity contribution is 7.91. The summed E-state index contributed by atoms with van der Waals surface area (Å²) < 4.78 is 26.7. The van der Waals surface area contributed by atoms with Gasteiger partial charge in [0.2, 0.25) is 0 Å². The Labute approximate surface area is 195 Å². The van der Waals surface area contributed by atoms with Crippen molar-refractivity contribution in [3.05, 3.63) is 46.4 Å². The van der Waals surface area contributed by atoms with Gasteiger partial charge in [0.05, 0.1) is 40.8 Å². The predicted octanol–water partition coefficient (Wildman–Crippen LogP) is 2.08. The number of H-pyrrole nitrogens is 1. The minimum atomic E-state index is -3.58. The normalized spacial score (nSPS) is 26.0. The van der Waals surface area contributed by atoms with E-state index in [1.54, 1.807) is 23.0 Å². The van der Waals surface area contributed by atoms with Crippen LogP contribution in [0.4, 0.5) is 11.5 Å². The number of benzene rings is 1. The Kier molecular flexibility index (Phi) is 5.47. The first kappa shape index (κ1) is 22.6. The molecule has 1 aliphatic heterocycles. The number of pyridine rings is 1. The van der Waals surface area contributed by atoms with E-state index in [0.717, 1.165) is 25.7 Å². The lowest BCUT2D eigenvalue weighted by Crippen LogP contribution is -2.38. The van der Waals surface area contributed by atoms with Crippen molar-refractivity contribution in [2.75, 3.05) is 17.7 Å². The number of aromatic amines is 1. The van der Waals surface area contributed by atoms with Crippen LogP contribution in [0.3, 0.4) is 0 Å². The van der Waals surface area contributed by atoms with E-state index in [2.05, 4.69) is 21.5 Å². The summed E-state index contributed by atoms with van der Waals surface area (Å²) in [5.74, 6) is -0.196. The molecule has 1 aliphatic carbocycles. The average Bonchev–Trinajstić information content (AvgIpc) is 3.21. The van der Waals surface area contributed by atoms with Gasteiger partial charge in [-0.2, -0.15) is 10.4 Å². The number of nitrogens with one attached hydrogen (secondary N) is 2. The van der Waals surface area contributed by atoms with Crippen LogP contribution < -0.4 is 10.9 Å². The van der Waals surface area contributed by atoms with Crippen LogP contribution in [0.2, 0.25) is 0 Å². The summed E-state index contributed by atoms with van der Waals surface area (Å²) in [7, 11) is -3.58. The number of sulfone groups is 1. The predicted molar refractivity (Wildman–Crippen MR) is 124 cm³/mol. The zero-order chi connectivity index (χ0) is 24.1. The summed E-state index contributed by atoms with van der Waals surface area (Å²) >= 11 is 0. The summed E-state index contributed by atoms with van der Waals surface area (Å²) in [6, 6.07) is 8.37. The van der Waals surface area contributed by atoms with Crippen molar-refractivity contribution < 1.29 is 18.6 Å². The highest BCUT2D eigenvalue weighted by Gasteiger charge is 2.40. The van der Waals surface area contributed by atoms with Gasteiger partial charge < -0.3 is 20.5 Å². The van der Waals surface area contributed by atoms with E-state index in [0.29, 0.717) is 16.6 Å². The van der Waals surface area contributed by atoms with Crippen LogP contribution in [0.1, 0.15) is 43.7 Å². The van der Waals surface area contributed by atoms with Crippen molar-refractivity contribution in [3.8, 4) is 6.07 Å². The van der Waals surface area contributed by atoms with Gasteiger partial charge in [0.1, 0.15) is 11.0 Å². The van der Waals surface area contributed by atoms with Gasteiger partial charge in [-0.25, -0.2) is 8.42 Å². The molecular formula is C23H25N5O5S. The first-order valence-corrected chi connectivity index (χ1v) is 12.9. The van der Waals surface area contributed by atoms with E-state index in [1.165, 1.54) is 12.1 Å². The van der Waals surface area contributed by atoms with Gasteiger partial charge in [-0.15, -0.1) is 0 Å². The number of aromatic nitrogens is 3. The van der Waals surface area contributed by atoms with E-state index in [1.807, 2.05) is 0 Å². The molecule has 3 unspecified atom stereocenters. The van der Waals surface area contributed by atoms with Gasteiger partial charge in [-0.1, -0.05) is 12.8 Å². The summed E-state index contributed by atoms with van der Waals surface area (Å²) in [6.07, 6.45) is 4.92. The topological polar surface area (TPSA) is 161 Å². The highest BCUT2D eigenvalue weighted by atomic mass is 32.2. The number of aliphatic hydroxyl groups excluding tert-OH is 1. The number of rotatable bonds is 4. The molecule has 0 radical (unpaired) electrons. The largest absolute Gasteiger partial charge is 0.393 e. The van der Waals surface area contributed by atoms with Crippen LogP contribution in [-0.4, -0.2) is 45.8 Å². The molecule has 3 atom stereocenters. The number of hydrogen-bond acceptors (Lipinski definition) is 8. The second-order valence-electron chi connectivity index (χ2n) is 9.04. The molecule has 5 rings (SSSR count). The van der Waals surface area contributed by atoms with Crippen LogP contribution in [0.15, 0.2) is 40.2 Å². The van der Waals surface area contributed by atoms with E-state index < -0.39 is 22.0 Å². The standard InChI is InChI=1S/C23H25N5O5S/c24-12-14-3-1-2-4-17(14)28-18-7-9-25-22(30)20(18)21(27-28)26-15-5-6-19-16(11-15)23(31,13-29)8-10-34(19,32)33/h5-7,9,11,14,17,29,31H,1-4,8,10,13H2,(H,25,30)(H,26,27). The number of aliphatic hydroxyl groups is 2. The highest BCUT2D eigenvalue weighted by Crippen LogP contribution is 2.40. The van der Waals surface area contributed by atoms with Gasteiger partial charge >= 0.3 is 0 Å². The number of anilines is 2. The van der Waals surface area contributed by atoms with Crippen molar-refractivity contribution in [3.63, 3.8) is 0 Å². The molecule has 4 N–H and O–H groups in total. The van der Waals surface area contributed by atoms with Gasteiger partial charge in [0.15, 0.2) is 15.7 Å². The van der Waals surface area contributed by atoms with Crippen molar-refractivity contribution >= 4 is 32.2 Å². The molecular weight excluding hydrogens is 458 g/mol. The van der Waals surface area contributed by atoms with E-state index in [-0.39, 0.29) is 46.0 Å². The molecule has 3 aromatic rings. The fraction of sp³-hybridized carbons (Fsp3) is 0.435. The molecule has 178 valence electrons. The van der Waals surface area contributed by atoms with E-state index >= 15 is 0 Å². The number of hydrogen-bond donors (Lipinski definition) is 4. The Morgan fingerprint density at radius 2 is 2.09 bits per heavy atom. The molecule has 0 amide bonds. The first-order valence-electron chi connectivity index (χ1n) is 11.2. The maximum atomic E-state index is 12.7. The third-order valence-corrected chi connectivity index (χ3v) is 8.73. The summed E-state index contributed by atoms with van der Waals surface area (Å²) in [5, 5.41) is 38.4. The van der Waals surface area contributed by atoms with Crippen LogP contribution in [0.5, 0.6) is 0 Å². The summed E-state index contributed by atoms with van der Waals surface area (Å²) in [5.41, 5.74) is -0.896. The minimum Gasteiger partial charge on any atom is -0.393 e. The Morgan fingerprint density at radius 3 is 2.85 bits per heavy atom. The summed E-state index contributed by atoms with van der Waals surface area (Å²) in [6.45, 7) is -0.618. The molecule has 1 saturated carbocycles. The third kappa shape index (κ3) is 3.58. The zero-order valence-corrected chi connectivity index (χ0v) is 19.2. The second kappa shape index (κ2) is 8.23. The lowest BCUT2D eigenvalue weighted by atomic mass is 9.85. The minimum absolute atomic E-state index is 0.0202. The Morgan fingerprint density at radius 1 is 1.29 bits per heavy atom. The molecule has 3 heterocycles. The fourth-order valence-electron chi connectivity index (χ4n) is 5.09. The van der Waals surface area contributed by atoms with Crippen LogP contribution in [-0.2, 0) is 15.4 Å². The Bertz CT molecular complexity index is 1470. The number of fused-ring (bicyclic) bond motifs is 2. The van der Waals surface area contributed by atoms with E-state index in [4.69, 9.17) is 0 Å². The molecule has 0 bridgehead atoms. The molecule has 1 fully saturated rings. The molecule has 10 nitrogen and oxygen atoms in total. The Hall–Kier alpha value is -3.20. The summed E-state index contributed by atoms with van der Waals surface area (Å²) in [4.78, 5) is 15.4. The smallest absolute Gasteiger partial charge is 0.261 e.